The maximum Gasteiger partial charge on any atom is 0.267 e. The lowest BCUT2D eigenvalue weighted by atomic mass is 10.1. The average Bonchev–Trinajstić information content (AvgIpc) is 3.17. The topological polar surface area (TPSA) is 82.5 Å². The SMILES string of the molecule is O=C(Cn1nc(-c2ccc3c(c2)OCO3)ccc1=O)NCc1ccc(F)cc1F. The van der Waals surface area contributed by atoms with E-state index in [1.54, 1.807) is 24.3 Å². The average molecular weight is 399 g/mol. The summed E-state index contributed by atoms with van der Waals surface area (Å²) in [5.41, 5.74) is 0.837. The van der Waals surface area contributed by atoms with Crippen LogP contribution in [0.1, 0.15) is 5.56 Å². The fraction of sp³-hybridized carbons (Fsp3) is 0.150. The van der Waals surface area contributed by atoms with Crippen molar-refractivity contribution in [2.45, 2.75) is 13.1 Å². The minimum absolute atomic E-state index is 0.133. The zero-order valence-electron chi connectivity index (χ0n) is 15.0. The minimum atomic E-state index is -0.759. The summed E-state index contributed by atoms with van der Waals surface area (Å²) in [5.74, 6) is -0.805. The zero-order chi connectivity index (χ0) is 20.4. The first-order chi connectivity index (χ1) is 14.0. The molecular weight excluding hydrogens is 384 g/mol. The minimum Gasteiger partial charge on any atom is -0.454 e. The molecule has 2 aromatic carbocycles. The normalized spacial score (nSPS) is 12.1. The van der Waals surface area contributed by atoms with Crippen molar-refractivity contribution in [1.82, 2.24) is 15.1 Å². The van der Waals surface area contributed by atoms with Crippen LogP contribution in [0.4, 0.5) is 8.78 Å². The Morgan fingerprint density at radius 3 is 2.72 bits per heavy atom. The van der Waals surface area contributed by atoms with E-state index in [1.807, 2.05) is 0 Å². The molecule has 1 aliphatic heterocycles. The maximum atomic E-state index is 13.6. The number of halogens is 2. The van der Waals surface area contributed by atoms with E-state index in [1.165, 1.54) is 12.1 Å². The largest absolute Gasteiger partial charge is 0.454 e. The van der Waals surface area contributed by atoms with E-state index in [-0.39, 0.29) is 25.4 Å². The molecule has 1 N–H and O–H groups in total. The van der Waals surface area contributed by atoms with Gasteiger partial charge in [0.15, 0.2) is 11.5 Å². The molecule has 7 nitrogen and oxygen atoms in total. The van der Waals surface area contributed by atoms with Crippen LogP contribution in [0.2, 0.25) is 0 Å². The van der Waals surface area contributed by atoms with Crippen molar-refractivity contribution < 1.29 is 23.0 Å². The van der Waals surface area contributed by atoms with Gasteiger partial charge in [-0.15, -0.1) is 0 Å². The third-order valence-electron chi connectivity index (χ3n) is 4.32. The molecule has 0 unspecified atom stereocenters. The Labute approximate surface area is 163 Å². The highest BCUT2D eigenvalue weighted by Crippen LogP contribution is 2.35. The molecule has 1 aliphatic rings. The first-order valence-corrected chi connectivity index (χ1v) is 8.68. The number of aromatic nitrogens is 2. The van der Waals surface area contributed by atoms with Crippen molar-refractivity contribution in [3.8, 4) is 22.8 Å². The molecule has 0 atom stereocenters. The molecule has 1 aromatic heterocycles. The molecule has 29 heavy (non-hydrogen) atoms. The monoisotopic (exact) mass is 399 g/mol. The number of carbonyl (C=O) groups is 1. The summed E-state index contributed by atoms with van der Waals surface area (Å²) in [5, 5.41) is 6.71. The lowest BCUT2D eigenvalue weighted by molar-refractivity contribution is -0.122. The predicted octanol–water partition coefficient (Wildman–Crippen LogP) is 2.23. The van der Waals surface area contributed by atoms with Crippen LogP contribution in [0, 0.1) is 11.6 Å². The zero-order valence-corrected chi connectivity index (χ0v) is 15.0. The molecule has 4 rings (SSSR count). The van der Waals surface area contributed by atoms with E-state index in [9.17, 15) is 18.4 Å². The number of nitrogens with one attached hydrogen (secondary N) is 1. The van der Waals surface area contributed by atoms with Crippen LogP contribution in [0.15, 0.2) is 53.3 Å². The number of ether oxygens (including phenoxy) is 2. The molecule has 1 amide bonds. The van der Waals surface area contributed by atoms with Gasteiger partial charge >= 0.3 is 0 Å². The van der Waals surface area contributed by atoms with Gasteiger partial charge < -0.3 is 14.8 Å². The van der Waals surface area contributed by atoms with Gasteiger partial charge in [-0.2, -0.15) is 5.10 Å². The highest BCUT2D eigenvalue weighted by Gasteiger charge is 2.15. The van der Waals surface area contributed by atoms with Crippen molar-refractivity contribution in [1.29, 1.82) is 0 Å². The van der Waals surface area contributed by atoms with Crippen LogP contribution < -0.4 is 20.3 Å². The Morgan fingerprint density at radius 2 is 1.90 bits per heavy atom. The maximum absolute atomic E-state index is 13.6. The number of carbonyl (C=O) groups excluding carboxylic acids is 1. The Kier molecular flexibility index (Phi) is 4.94. The van der Waals surface area contributed by atoms with E-state index in [2.05, 4.69) is 10.4 Å². The van der Waals surface area contributed by atoms with Crippen molar-refractivity contribution >= 4 is 5.91 Å². The summed E-state index contributed by atoms with van der Waals surface area (Å²) < 4.78 is 38.2. The molecular formula is C20H15F2N3O4. The van der Waals surface area contributed by atoms with Crippen LogP contribution in [-0.2, 0) is 17.9 Å². The highest BCUT2D eigenvalue weighted by atomic mass is 19.1. The Balaban J connectivity index is 1.47. The summed E-state index contributed by atoms with van der Waals surface area (Å²) in [4.78, 5) is 24.2. The van der Waals surface area contributed by atoms with Crippen LogP contribution >= 0.6 is 0 Å². The predicted molar refractivity (Wildman–Crippen MR) is 98.3 cm³/mol. The molecule has 2 heterocycles. The second-order valence-corrected chi connectivity index (χ2v) is 6.29. The van der Waals surface area contributed by atoms with Crippen LogP contribution in [0.25, 0.3) is 11.3 Å². The molecule has 0 radical (unpaired) electrons. The van der Waals surface area contributed by atoms with E-state index >= 15 is 0 Å². The van der Waals surface area contributed by atoms with Gasteiger partial charge in [-0.1, -0.05) is 6.07 Å². The lowest BCUT2D eigenvalue weighted by Crippen LogP contribution is -2.33. The molecule has 0 bridgehead atoms. The van der Waals surface area contributed by atoms with Gasteiger partial charge in [0.2, 0.25) is 12.7 Å². The lowest BCUT2D eigenvalue weighted by Gasteiger charge is -2.09. The smallest absolute Gasteiger partial charge is 0.267 e. The van der Waals surface area contributed by atoms with E-state index < -0.39 is 23.1 Å². The number of fused-ring (bicyclic) bond motifs is 1. The van der Waals surface area contributed by atoms with Gasteiger partial charge in [0.1, 0.15) is 18.2 Å². The molecule has 3 aromatic rings. The number of nitrogens with zero attached hydrogens (tertiary/aromatic N) is 2. The summed E-state index contributed by atoms with van der Waals surface area (Å²) in [6.45, 7) is -0.345. The third-order valence-corrected chi connectivity index (χ3v) is 4.32. The Morgan fingerprint density at radius 1 is 1.07 bits per heavy atom. The van der Waals surface area contributed by atoms with E-state index in [4.69, 9.17) is 9.47 Å². The summed E-state index contributed by atoms with van der Waals surface area (Å²) >= 11 is 0. The van der Waals surface area contributed by atoms with Crippen LogP contribution in [0.3, 0.4) is 0 Å². The number of amides is 1. The number of benzene rings is 2. The van der Waals surface area contributed by atoms with E-state index in [0.29, 0.717) is 22.8 Å². The van der Waals surface area contributed by atoms with Gasteiger partial charge in [0, 0.05) is 29.8 Å². The van der Waals surface area contributed by atoms with Crippen molar-refractivity contribution in [3.63, 3.8) is 0 Å². The van der Waals surface area contributed by atoms with Gasteiger partial charge in [-0.25, -0.2) is 13.5 Å². The number of hydrogen-bond donors (Lipinski definition) is 1. The van der Waals surface area contributed by atoms with Gasteiger partial charge in [0.25, 0.3) is 5.56 Å². The van der Waals surface area contributed by atoms with E-state index in [0.717, 1.165) is 16.8 Å². The molecule has 9 heteroatoms. The molecule has 0 saturated heterocycles. The first kappa shape index (κ1) is 18.6. The molecule has 0 aliphatic carbocycles. The first-order valence-electron chi connectivity index (χ1n) is 8.68. The molecule has 148 valence electrons. The van der Waals surface area contributed by atoms with Gasteiger partial charge in [-0.3, -0.25) is 9.59 Å². The fourth-order valence-corrected chi connectivity index (χ4v) is 2.82. The quantitative estimate of drug-likeness (QED) is 0.712. The molecule has 0 saturated carbocycles. The Hall–Kier alpha value is -3.75. The highest BCUT2D eigenvalue weighted by molar-refractivity contribution is 5.75. The number of hydrogen-bond acceptors (Lipinski definition) is 5. The third kappa shape index (κ3) is 4.08. The molecule has 0 fully saturated rings. The Bertz CT molecular complexity index is 1150. The standard InChI is InChI=1S/C20H15F2N3O4/c21-14-3-1-13(15(22)8-14)9-23-19(26)10-25-20(27)6-4-16(24-25)12-2-5-17-18(7-12)29-11-28-17/h1-8H,9-11H2,(H,23,26). The van der Waals surface area contributed by atoms with Gasteiger partial charge in [0.05, 0.1) is 5.69 Å². The van der Waals surface area contributed by atoms with Crippen molar-refractivity contribution in [2.24, 2.45) is 0 Å². The van der Waals surface area contributed by atoms with Crippen LogP contribution in [-0.4, -0.2) is 22.5 Å². The van der Waals surface area contributed by atoms with Crippen molar-refractivity contribution in [2.75, 3.05) is 6.79 Å². The van der Waals surface area contributed by atoms with Crippen LogP contribution in [0.5, 0.6) is 11.5 Å². The van der Waals surface area contributed by atoms with Crippen molar-refractivity contribution in [3.05, 3.63) is 76.1 Å². The fourth-order valence-electron chi connectivity index (χ4n) is 2.82. The summed E-state index contributed by atoms with van der Waals surface area (Å²) in [6, 6.07) is 11.2. The summed E-state index contributed by atoms with van der Waals surface area (Å²) in [7, 11) is 0. The summed E-state index contributed by atoms with van der Waals surface area (Å²) in [6.07, 6.45) is 0. The second-order valence-electron chi connectivity index (χ2n) is 6.29. The molecule has 0 spiro atoms. The van der Waals surface area contributed by atoms with Gasteiger partial charge in [-0.05, 0) is 30.3 Å². The number of rotatable bonds is 5. The second kappa shape index (κ2) is 7.70.